The molecular weight excluding hydrogens is 402 g/mol. The number of aryl methyl sites for hydroxylation is 1. The number of methoxy groups -OCH3 is 1. The standard InChI is InChI=1S/C26H33N3O3/c1-31-21-11-7-12-22(19-21)32-18-17-29-24-14-6-5-13-23(24)28-25(29)15-8-16-27-26(30)20-9-3-2-4-10-20/h5-7,11-14,19-20H,2-4,8-10,15-18H2,1H3,(H,27,30). The highest BCUT2D eigenvalue weighted by atomic mass is 16.5. The highest BCUT2D eigenvalue weighted by molar-refractivity contribution is 5.78. The molecule has 1 fully saturated rings. The summed E-state index contributed by atoms with van der Waals surface area (Å²) in [7, 11) is 1.65. The second-order valence-electron chi connectivity index (χ2n) is 8.43. The van der Waals surface area contributed by atoms with Crippen LogP contribution in [0.2, 0.25) is 0 Å². The largest absolute Gasteiger partial charge is 0.497 e. The topological polar surface area (TPSA) is 65.4 Å². The second-order valence-corrected chi connectivity index (χ2v) is 8.43. The summed E-state index contributed by atoms with van der Waals surface area (Å²) in [5.74, 6) is 3.05. The van der Waals surface area contributed by atoms with Crippen LogP contribution in [-0.2, 0) is 17.8 Å². The van der Waals surface area contributed by atoms with Crippen molar-refractivity contribution in [2.75, 3.05) is 20.3 Å². The molecule has 0 aliphatic heterocycles. The van der Waals surface area contributed by atoms with E-state index in [1.165, 1.54) is 19.3 Å². The molecule has 0 unspecified atom stereocenters. The van der Waals surface area contributed by atoms with E-state index in [1.54, 1.807) is 7.11 Å². The van der Waals surface area contributed by atoms with Gasteiger partial charge in [-0.2, -0.15) is 0 Å². The van der Waals surface area contributed by atoms with Gasteiger partial charge in [-0.3, -0.25) is 4.79 Å². The first kappa shape index (κ1) is 22.2. The van der Waals surface area contributed by atoms with Crippen LogP contribution < -0.4 is 14.8 Å². The number of benzene rings is 2. The minimum Gasteiger partial charge on any atom is -0.497 e. The normalized spacial score (nSPS) is 14.4. The highest BCUT2D eigenvalue weighted by Gasteiger charge is 2.20. The number of imidazole rings is 1. The molecule has 4 rings (SSSR count). The number of hydrogen-bond donors (Lipinski definition) is 1. The Hall–Kier alpha value is -3.02. The van der Waals surface area contributed by atoms with Crippen molar-refractivity contribution in [2.24, 2.45) is 5.92 Å². The number of nitrogens with zero attached hydrogens (tertiary/aromatic N) is 2. The van der Waals surface area contributed by atoms with Crippen LogP contribution >= 0.6 is 0 Å². The third-order valence-corrected chi connectivity index (χ3v) is 6.21. The lowest BCUT2D eigenvalue weighted by atomic mass is 9.89. The van der Waals surface area contributed by atoms with Crippen molar-refractivity contribution in [3.05, 3.63) is 54.4 Å². The zero-order chi connectivity index (χ0) is 22.2. The number of hydrogen-bond acceptors (Lipinski definition) is 4. The minimum absolute atomic E-state index is 0.210. The third kappa shape index (κ3) is 5.61. The van der Waals surface area contributed by atoms with Gasteiger partial charge in [-0.15, -0.1) is 0 Å². The van der Waals surface area contributed by atoms with Gasteiger partial charge >= 0.3 is 0 Å². The first-order valence-electron chi connectivity index (χ1n) is 11.7. The number of aromatic nitrogens is 2. The van der Waals surface area contributed by atoms with Gasteiger partial charge in [-0.05, 0) is 43.5 Å². The highest BCUT2D eigenvalue weighted by Crippen LogP contribution is 2.24. The summed E-state index contributed by atoms with van der Waals surface area (Å²) in [4.78, 5) is 17.2. The third-order valence-electron chi connectivity index (χ3n) is 6.21. The smallest absolute Gasteiger partial charge is 0.223 e. The van der Waals surface area contributed by atoms with Crippen LogP contribution in [-0.4, -0.2) is 35.7 Å². The first-order chi connectivity index (χ1) is 15.7. The van der Waals surface area contributed by atoms with Gasteiger partial charge in [-0.25, -0.2) is 4.98 Å². The van der Waals surface area contributed by atoms with E-state index < -0.39 is 0 Å². The number of para-hydroxylation sites is 2. The molecule has 1 heterocycles. The Balaban J connectivity index is 1.34. The van der Waals surface area contributed by atoms with Gasteiger partial charge in [0, 0.05) is 24.9 Å². The number of amides is 1. The molecule has 6 nitrogen and oxygen atoms in total. The molecule has 1 aliphatic rings. The van der Waals surface area contributed by atoms with Crippen molar-refractivity contribution < 1.29 is 14.3 Å². The zero-order valence-electron chi connectivity index (χ0n) is 18.9. The summed E-state index contributed by atoms with van der Waals surface area (Å²) in [5.41, 5.74) is 2.11. The Bertz CT molecular complexity index is 1020. The molecule has 32 heavy (non-hydrogen) atoms. The quantitative estimate of drug-likeness (QED) is 0.467. The van der Waals surface area contributed by atoms with Gasteiger partial charge in [-0.1, -0.05) is 37.5 Å². The fourth-order valence-electron chi connectivity index (χ4n) is 4.48. The fourth-order valence-corrected chi connectivity index (χ4v) is 4.48. The van der Waals surface area contributed by atoms with Crippen LogP contribution in [0.25, 0.3) is 11.0 Å². The lowest BCUT2D eigenvalue weighted by Gasteiger charge is -2.20. The summed E-state index contributed by atoms with van der Waals surface area (Å²) in [6.45, 7) is 1.94. The molecule has 6 heteroatoms. The van der Waals surface area contributed by atoms with Crippen molar-refractivity contribution in [3.63, 3.8) is 0 Å². The maximum Gasteiger partial charge on any atom is 0.223 e. The van der Waals surface area contributed by atoms with E-state index in [0.717, 1.165) is 54.0 Å². The molecule has 1 N–H and O–H groups in total. The molecule has 1 aromatic heterocycles. The molecule has 3 aromatic rings. The van der Waals surface area contributed by atoms with E-state index in [2.05, 4.69) is 16.0 Å². The number of carbonyl (C=O) groups excluding carboxylic acids is 1. The van der Waals surface area contributed by atoms with E-state index in [1.807, 2.05) is 42.5 Å². The van der Waals surface area contributed by atoms with Crippen molar-refractivity contribution in [2.45, 2.75) is 51.5 Å². The molecule has 0 atom stereocenters. The Morgan fingerprint density at radius 3 is 2.75 bits per heavy atom. The molecule has 1 saturated carbocycles. The van der Waals surface area contributed by atoms with Crippen LogP contribution in [0.15, 0.2) is 48.5 Å². The molecule has 0 bridgehead atoms. The van der Waals surface area contributed by atoms with Gasteiger partial charge in [0.25, 0.3) is 0 Å². The zero-order valence-corrected chi connectivity index (χ0v) is 18.9. The molecule has 1 amide bonds. The Kier molecular flexibility index (Phi) is 7.64. The number of fused-ring (bicyclic) bond motifs is 1. The van der Waals surface area contributed by atoms with E-state index in [0.29, 0.717) is 19.7 Å². The summed E-state index contributed by atoms with van der Waals surface area (Å²) < 4.78 is 13.5. The van der Waals surface area contributed by atoms with E-state index in [9.17, 15) is 4.79 Å². The monoisotopic (exact) mass is 435 g/mol. The Morgan fingerprint density at radius 1 is 1.09 bits per heavy atom. The lowest BCUT2D eigenvalue weighted by Crippen LogP contribution is -2.32. The van der Waals surface area contributed by atoms with Crippen molar-refractivity contribution in [1.29, 1.82) is 0 Å². The van der Waals surface area contributed by atoms with Crippen molar-refractivity contribution >= 4 is 16.9 Å². The van der Waals surface area contributed by atoms with Crippen molar-refractivity contribution in [3.8, 4) is 11.5 Å². The maximum atomic E-state index is 12.4. The summed E-state index contributed by atoms with van der Waals surface area (Å²) in [6, 6.07) is 15.9. The van der Waals surface area contributed by atoms with Gasteiger partial charge in [0.1, 0.15) is 23.9 Å². The SMILES string of the molecule is COc1cccc(OCCn2c(CCCNC(=O)C3CCCCC3)nc3ccccc32)c1. The average molecular weight is 436 g/mol. The average Bonchev–Trinajstić information content (AvgIpc) is 3.20. The number of ether oxygens (including phenoxy) is 2. The summed E-state index contributed by atoms with van der Waals surface area (Å²) in [6.07, 6.45) is 7.39. The predicted octanol–water partition coefficient (Wildman–Crippen LogP) is 4.75. The van der Waals surface area contributed by atoms with Gasteiger partial charge < -0.3 is 19.4 Å². The number of rotatable bonds is 10. The molecule has 170 valence electrons. The van der Waals surface area contributed by atoms with Crippen LogP contribution in [0.1, 0.15) is 44.3 Å². The molecular formula is C26H33N3O3. The van der Waals surface area contributed by atoms with E-state index in [4.69, 9.17) is 14.5 Å². The van der Waals surface area contributed by atoms with Gasteiger partial charge in [0.05, 0.1) is 24.7 Å². The molecule has 0 radical (unpaired) electrons. The Labute approximate surface area is 189 Å². The predicted molar refractivity (Wildman–Crippen MR) is 126 cm³/mol. The van der Waals surface area contributed by atoms with E-state index in [-0.39, 0.29) is 11.8 Å². The number of carbonyl (C=O) groups is 1. The fraction of sp³-hybridized carbons (Fsp3) is 0.462. The molecule has 1 aliphatic carbocycles. The number of nitrogens with one attached hydrogen (secondary N) is 1. The lowest BCUT2D eigenvalue weighted by molar-refractivity contribution is -0.125. The van der Waals surface area contributed by atoms with Crippen molar-refractivity contribution in [1.82, 2.24) is 14.9 Å². The minimum atomic E-state index is 0.210. The Morgan fingerprint density at radius 2 is 1.91 bits per heavy atom. The van der Waals surface area contributed by atoms with Crippen LogP contribution in [0, 0.1) is 5.92 Å². The van der Waals surface area contributed by atoms with Gasteiger partial charge in [0.2, 0.25) is 5.91 Å². The summed E-state index contributed by atoms with van der Waals surface area (Å²) in [5, 5.41) is 3.14. The van der Waals surface area contributed by atoms with Crippen LogP contribution in [0.3, 0.4) is 0 Å². The van der Waals surface area contributed by atoms with E-state index >= 15 is 0 Å². The first-order valence-corrected chi connectivity index (χ1v) is 11.7. The maximum absolute atomic E-state index is 12.4. The second kappa shape index (κ2) is 11.0. The van der Waals surface area contributed by atoms with Gasteiger partial charge in [0.15, 0.2) is 0 Å². The van der Waals surface area contributed by atoms with Crippen LogP contribution in [0.5, 0.6) is 11.5 Å². The molecule has 2 aromatic carbocycles. The summed E-state index contributed by atoms with van der Waals surface area (Å²) >= 11 is 0. The molecule has 0 saturated heterocycles. The molecule has 0 spiro atoms. The van der Waals surface area contributed by atoms with Crippen LogP contribution in [0.4, 0.5) is 0 Å².